The van der Waals surface area contributed by atoms with Gasteiger partial charge in [0, 0.05) is 4.47 Å². The lowest BCUT2D eigenvalue weighted by Gasteiger charge is -2.08. The van der Waals surface area contributed by atoms with Gasteiger partial charge in [0.1, 0.15) is 16.9 Å². The van der Waals surface area contributed by atoms with E-state index >= 15 is 0 Å². The number of nitrogens with zero attached hydrogens (tertiary/aromatic N) is 2. The Morgan fingerprint density at radius 3 is 2.67 bits per heavy atom. The predicted octanol–water partition coefficient (Wildman–Crippen LogP) is 4.31. The monoisotopic (exact) mass is 389 g/mol. The number of nitrogens with one attached hydrogen (secondary N) is 1. The molecule has 1 N–H and O–H groups in total. The summed E-state index contributed by atoms with van der Waals surface area (Å²) in [6.45, 7) is 0. The predicted molar refractivity (Wildman–Crippen MR) is 83.0 cm³/mol. The second kappa shape index (κ2) is 6.38. The number of nitro groups is 1. The van der Waals surface area contributed by atoms with Gasteiger partial charge in [-0.1, -0.05) is 39.1 Å². The molecule has 0 radical (unpaired) electrons. The van der Waals surface area contributed by atoms with Crippen molar-refractivity contribution in [1.82, 2.24) is 4.98 Å². The fourth-order valence-electron chi connectivity index (χ4n) is 1.53. The van der Waals surface area contributed by atoms with Gasteiger partial charge in [-0.3, -0.25) is 14.9 Å². The van der Waals surface area contributed by atoms with Crippen LogP contribution in [0.25, 0.3) is 0 Å². The van der Waals surface area contributed by atoms with E-state index in [1.54, 1.807) is 18.2 Å². The lowest BCUT2D eigenvalue weighted by molar-refractivity contribution is -0.385. The van der Waals surface area contributed by atoms with Crippen molar-refractivity contribution in [2.45, 2.75) is 0 Å². The summed E-state index contributed by atoms with van der Waals surface area (Å²) in [6, 6.07) is 5.96. The van der Waals surface area contributed by atoms with E-state index in [1.807, 2.05) is 0 Å². The summed E-state index contributed by atoms with van der Waals surface area (Å²) in [5, 5.41) is 13.7. The lowest BCUT2D eigenvalue weighted by atomic mass is 10.2. The van der Waals surface area contributed by atoms with Crippen molar-refractivity contribution in [2.24, 2.45) is 0 Å². The van der Waals surface area contributed by atoms with Crippen LogP contribution >= 0.6 is 39.1 Å². The number of benzene rings is 1. The molecule has 0 saturated heterocycles. The Labute approximate surface area is 137 Å². The molecular formula is C12H6BrCl2N3O3. The van der Waals surface area contributed by atoms with Gasteiger partial charge in [-0.05, 0) is 24.3 Å². The number of aromatic nitrogens is 1. The van der Waals surface area contributed by atoms with Crippen LogP contribution in [0.2, 0.25) is 10.2 Å². The molecule has 0 unspecified atom stereocenters. The second-order valence-corrected chi connectivity index (χ2v) is 5.57. The van der Waals surface area contributed by atoms with E-state index in [2.05, 4.69) is 26.2 Å². The molecule has 0 fully saturated rings. The zero-order chi connectivity index (χ0) is 15.6. The number of pyridine rings is 1. The standard InChI is InChI=1S/C12H6BrCl2N3O3/c13-6-1-2-9(8(14)3-6)17-12(19)7-4-11(15)16-5-10(7)18(20)21/h1-5H,(H,17,19). The first-order chi connectivity index (χ1) is 9.88. The fraction of sp³-hybridized carbons (Fsp3) is 0. The molecule has 6 nitrogen and oxygen atoms in total. The van der Waals surface area contributed by atoms with Gasteiger partial charge in [-0.15, -0.1) is 0 Å². The molecule has 1 amide bonds. The average molecular weight is 391 g/mol. The molecule has 2 rings (SSSR count). The number of rotatable bonds is 3. The zero-order valence-electron chi connectivity index (χ0n) is 10.1. The summed E-state index contributed by atoms with van der Waals surface area (Å²) < 4.78 is 0.739. The van der Waals surface area contributed by atoms with E-state index in [0.717, 1.165) is 16.7 Å². The quantitative estimate of drug-likeness (QED) is 0.480. The molecule has 0 bridgehead atoms. The minimum absolute atomic E-state index is 0.0207. The molecule has 0 aliphatic heterocycles. The van der Waals surface area contributed by atoms with Crippen molar-refractivity contribution in [3.63, 3.8) is 0 Å². The SMILES string of the molecule is O=C(Nc1ccc(Br)cc1Cl)c1cc(Cl)ncc1[N+](=O)[O-]. The first-order valence-corrected chi connectivity index (χ1v) is 6.99. The zero-order valence-corrected chi connectivity index (χ0v) is 13.2. The lowest BCUT2D eigenvalue weighted by Crippen LogP contribution is -2.14. The van der Waals surface area contributed by atoms with E-state index in [4.69, 9.17) is 23.2 Å². The Bertz CT molecular complexity index is 740. The maximum absolute atomic E-state index is 12.2. The highest BCUT2D eigenvalue weighted by atomic mass is 79.9. The molecule has 0 aliphatic rings. The molecule has 0 saturated carbocycles. The van der Waals surface area contributed by atoms with Crippen molar-refractivity contribution in [3.8, 4) is 0 Å². The van der Waals surface area contributed by atoms with Crippen LogP contribution in [0, 0.1) is 10.1 Å². The number of anilines is 1. The minimum Gasteiger partial charge on any atom is -0.320 e. The first-order valence-electron chi connectivity index (χ1n) is 5.45. The van der Waals surface area contributed by atoms with Gasteiger partial charge in [-0.2, -0.15) is 0 Å². The Hall–Kier alpha value is -1.70. The van der Waals surface area contributed by atoms with Crippen molar-refractivity contribution in [3.05, 3.63) is 60.8 Å². The van der Waals surface area contributed by atoms with Crippen LogP contribution in [0.15, 0.2) is 34.9 Å². The molecule has 0 atom stereocenters. The third-order valence-electron chi connectivity index (χ3n) is 2.47. The molecule has 0 spiro atoms. The number of hydrogen-bond acceptors (Lipinski definition) is 4. The Morgan fingerprint density at radius 2 is 2.05 bits per heavy atom. The molecule has 108 valence electrons. The number of hydrogen-bond donors (Lipinski definition) is 1. The van der Waals surface area contributed by atoms with Gasteiger partial charge >= 0.3 is 0 Å². The third-order valence-corrected chi connectivity index (χ3v) is 3.48. The number of halogens is 3. The van der Waals surface area contributed by atoms with E-state index in [-0.39, 0.29) is 10.7 Å². The summed E-state index contributed by atoms with van der Waals surface area (Å²) in [6.07, 6.45) is 0.931. The second-order valence-electron chi connectivity index (χ2n) is 3.86. The highest BCUT2D eigenvalue weighted by molar-refractivity contribution is 9.10. The summed E-state index contributed by atoms with van der Waals surface area (Å²) in [7, 11) is 0. The number of amides is 1. The van der Waals surface area contributed by atoms with E-state index in [0.29, 0.717) is 10.7 Å². The Balaban J connectivity index is 2.36. The fourth-order valence-corrected chi connectivity index (χ4v) is 2.41. The number of carbonyl (C=O) groups excluding carboxylic acids is 1. The van der Waals surface area contributed by atoms with Crippen LogP contribution < -0.4 is 5.32 Å². The smallest absolute Gasteiger partial charge is 0.300 e. The van der Waals surface area contributed by atoms with Crippen LogP contribution in [-0.4, -0.2) is 15.8 Å². The molecule has 2 aromatic rings. The van der Waals surface area contributed by atoms with Crippen LogP contribution in [0.3, 0.4) is 0 Å². The van der Waals surface area contributed by atoms with Gasteiger partial charge in [0.2, 0.25) is 0 Å². The molecule has 0 aliphatic carbocycles. The van der Waals surface area contributed by atoms with Crippen LogP contribution in [0.5, 0.6) is 0 Å². The summed E-state index contributed by atoms with van der Waals surface area (Å²) >= 11 is 14.9. The highest BCUT2D eigenvalue weighted by Gasteiger charge is 2.22. The van der Waals surface area contributed by atoms with Gasteiger partial charge < -0.3 is 5.32 Å². The van der Waals surface area contributed by atoms with Gasteiger partial charge in [0.05, 0.1) is 15.6 Å². The average Bonchev–Trinajstić information content (AvgIpc) is 2.41. The molecule has 9 heteroatoms. The van der Waals surface area contributed by atoms with Crippen molar-refractivity contribution >= 4 is 56.4 Å². The van der Waals surface area contributed by atoms with Gasteiger partial charge in [-0.25, -0.2) is 4.98 Å². The third kappa shape index (κ3) is 3.69. The highest BCUT2D eigenvalue weighted by Crippen LogP contribution is 2.27. The normalized spacial score (nSPS) is 10.2. The molecule has 1 aromatic heterocycles. The Morgan fingerprint density at radius 1 is 1.33 bits per heavy atom. The molecule has 21 heavy (non-hydrogen) atoms. The van der Waals surface area contributed by atoms with Crippen LogP contribution in [0.1, 0.15) is 10.4 Å². The molecule has 1 aromatic carbocycles. The van der Waals surface area contributed by atoms with Crippen LogP contribution in [-0.2, 0) is 0 Å². The first kappa shape index (κ1) is 15.7. The van der Waals surface area contributed by atoms with Crippen molar-refractivity contribution in [1.29, 1.82) is 0 Å². The van der Waals surface area contributed by atoms with E-state index < -0.39 is 16.5 Å². The maximum atomic E-state index is 12.2. The molecular weight excluding hydrogens is 385 g/mol. The van der Waals surface area contributed by atoms with Crippen LogP contribution in [0.4, 0.5) is 11.4 Å². The van der Waals surface area contributed by atoms with Gasteiger partial charge in [0.15, 0.2) is 0 Å². The molecule has 1 heterocycles. The van der Waals surface area contributed by atoms with Crippen molar-refractivity contribution in [2.75, 3.05) is 5.32 Å². The topological polar surface area (TPSA) is 85.1 Å². The van der Waals surface area contributed by atoms with E-state index in [9.17, 15) is 14.9 Å². The van der Waals surface area contributed by atoms with Crippen molar-refractivity contribution < 1.29 is 9.72 Å². The summed E-state index contributed by atoms with van der Waals surface area (Å²) in [5.74, 6) is -0.699. The Kier molecular flexibility index (Phi) is 4.76. The van der Waals surface area contributed by atoms with E-state index in [1.165, 1.54) is 0 Å². The summed E-state index contributed by atoms with van der Waals surface area (Å²) in [5.41, 5.74) is -0.309. The maximum Gasteiger partial charge on any atom is 0.300 e. The minimum atomic E-state index is -0.707. The largest absolute Gasteiger partial charge is 0.320 e. The summed E-state index contributed by atoms with van der Waals surface area (Å²) in [4.78, 5) is 26.0. The number of carbonyl (C=O) groups is 1. The van der Waals surface area contributed by atoms with Gasteiger partial charge in [0.25, 0.3) is 11.6 Å².